The average Bonchev–Trinajstić information content (AvgIpc) is 3.16. The summed E-state index contributed by atoms with van der Waals surface area (Å²) < 4.78 is 12.2. The van der Waals surface area contributed by atoms with Crippen molar-refractivity contribution >= 4 is 11.8 Å². The van der Waals surface area contributed by atoms with Crippen LogP contribution < -0.4 is 14.8 Å². The quantitative estimate of drug-likeness (QED) is 0.121. The maximum atomic E-state index is 12.1. The Labute approximate surface area is 301 Å². The van der Waals surface area contributed by atoms with E-state index in [1.165, 1.54) is 22.3 Å². The van der Waals surface area contributed by atoms with Gasteiger partial charge in [-0.15, -0.1) is 0 Å². The van der Waals surface area contributed by atoms with Crippen LogP contribution in [-0.4, -0.2) is 79.2 Å². The fourth-order valence-corrected chi connectivity index (χ4v) is 8.01. The molecule has 0 bridgehead atoms. The number of nitrogens with one attached hydrogen (secondary N) is 1. The summed E-state index contributed by atoms with van der Waals surface area (Å²) in [6.45, 7) is 7.53. The molecule has 2 heterocycles. The molecule has 3 atom stereocenters. The number of aryl methyl sites for hydroxylation is 1. The van der Waals surface area contributed by atoms with Crippen molar-refractivity contribution in [2.75, 3.05) is 52.5 Å². The molecular formula is C43H49N3O5. The van der Waals surface area contributed by atoms with Gasteiger partial charge >= 0.3 is 0 Å². The Morgan fingerprint density at radius 3 is 2.04 bits per heavy atom. The highest BCUT2D eigenvalue weighted by Crippen LogP contribution is 2.47. The molecule has 8 heteroatoms. The van der Waals surface area contributed by atoms with E-state index in [4.69, 9.17) is 9.47 Å². The van der Waals surface area contributed by atoms with Gasteiger partial charge in [0.1, 0.15) is 23.9 Å². The smallest absolute Gasteiger partial charge is 0.234 e. The highest BCUT2D eigenvalue weighted by Gasteiger charge is 2.32. The number of aromatic hydroxyl groups is 1. The Kier molecular flexibility index (Phi) is 11.3. The summed E-state index contributed by atoms with van der Waals surface area (Å²) in [7, 11) is 0. The molecule has 1 aliphatic carbocycles. The second-order valence-electron chi connectivity index (χ2n) is 14.1. The van der Waals surface area contributed by atoms with Crippen LogP contribution in [0, 0.1) is 0 Å². The number of rotatable bonds is 13. The van der Waals surface area contributed by atoms with Gasteiger partial charge in [-0.25, -0.2) is 0 Å². The summed E-state index contributed by atoms with van der Waals surface area (Å²) in [4.78, 5) is 28.6. The van der Waals surface area contributed by atoms with E-state index in [0.29, 0.717) is 37.7 Å². The van der Waals surface area contributed by atoms with Crippen molar-refractivity contribution in [3.63, 3.8) is 0 Å². The minimum absolute atomic E-state index is 0.191. The number of fused-ring (bicyclic) bond motifs is 1. The predicted molar refractivity (Wildman–Crippen MR) is 199 cm³/mol. The van der Waals surface area contributed by atoms with Crippen molar-refractivity contribution in [2.24, 2.45) is 0 Å². The van der Waals surface area contributed by atoms with Crippen LogP contribution in [0.5, 0.6) is 17.2 Å². The molecule has 0 aromatic heterocycles. The molecule has 2 saturated heterocycles. The average molecular weight is 688 g/mol. The number of phenolic OH excluding ortho intramolecular Hbond substituents is 1. The van der Waals surface area contributed by atoms with Crippen molar-refractivity contribution in [3.05, 3.63) is 125 Å². The second-order valence-corrected chi connectivity index (χ2v) is 14.1. The summed E-state index contributed by atoms with van der Waals surface area (Å²) in [6, 6.07) is 33.1. The van der Waals surface area contributed by atoms with Crippen LogP contribution in [0.3, 0.4) is 0 Å². The molecule has 1 unspecified atom stereocenters. The van der Waals surface area contributed by atoms with Crippen molar-refractivity contribution < 1.29 is 24.2 Å². The van der Waals surface area contributed by atoms with E-state index in [2.05, 4.69) is 75.8 Å². The van der Waals surface area contributed by atoms with Gasteiger partial charge in [0, 0.05) is 45.1 Å². The van der Waals surface area contributed by atoms with Crippen molar-refractivity contribution in [2.45, 2.75) is 56.3 Å². The molecule has 2 amide bonds. The number of carbonyl (C=O) groups is 2. The molecule has 51 heavy (non-hydrogen) atoms. The van der Waals surface area contributed by atoms with Crippen LogP contribution in [0.15, 0.2) is 97.1 Å². The number of piperidine rings is 1. The van der Waals surface area contributed by atoms with Gasteiger partial charge in [0.15, 0.2) is 0 Å². The van der Waals surface area contributed by atoms with Gasteiger partial charge in [-0.3, -0.25) is 19.8 Å². The molecule has 0 spiro atoms. The number of amides is 2. The summed E-state index contributed by atoms with van der Waals surface area (Å²) in [5.41, 5.74) is 6.13. The standard InChI is InChI=1S/C43H49N3O5/c47-35-13-19-39-34(30-35)12-18-38(31-6-2-1-3-7-31)42(39)33-10-16-36(17-11-33)50-28-5-4-22-45-23-25-46(26-24-45)27-29-51-37-14-8-32(9-15-37)40-20-21-41(48)44-43(40)49/h1-3,6-11,13-17,19,30,38,40,42,47H,4-5,12,18,20-29H2,(H,44,48,49)/t38-,40?,42+/m1/s1. The lowest BCUT2D eigenvalue weighted by atomic mass is 9.69. The minimum atomic E-state index is -0.267. The lowest BCUT2D eigenvalue weighted by Crippen LogP contribution is -2.47. The third-order valence-electron chi connectivity index (χ3n) is 10.9. The lowest BCUT2D eigenvalue weighted by molar-refractivity contribution is -0.134. The molecule has 8 nitrogen and oxygen atoms in total. The number of hydrogen-bond acceptors (Lipinski definition) is 7. The van der Waals surface area contributed by atoms with Gasteiger partial charge < -0.3 is 19.5 Å². The number of nitrogens with zero attached hydrogens (tertiary/aromatic N) is 2. The number of unbranched alkanes of at least 4 members (excludes halogenated alkanes) is 1. The summed E-state index contributed by atoms with van der Waals surface area (Å²) in [6.07, 6.45) is 5.10. The minimum Gasteiger partial charge on any atom is -0.508 e. The topological polar surface area (TPSA) is 91.3 Å². The third-order valence-corrected chi connectivity index (χ3v) is 10.9. The van der Waals surface area contributed by atoms with Crippen LogP contribution >= 0.6 is 0 Å². The number of piperazine rings is 1. The highest BCUT2D eigenvalue weighted by molar-refractivity contribution is 6.00. The molecule has 4 aromatic carbocycles. The maximum absolute atomic E-state index is 12.1. The normalized spacial score (nSPS) is 21.1. The zero-order valence-corrected chi connectivity index (χ0v) is 29.3. The summed E-state index contributed by atoms with van der Waals surface area (Å²) in [5, 5.41) is 12.6. The van der Waals surface area contributed by atoms with Crippen molar-refractivity contribution in [1.82, 2.24) is 15.1 Å². The zero-order valence-electron chi connectivity index (χ0n) is 29.3. The molecule has 7 rings (SSSR count). The number of ether oxygens (including phenoxy) is 2. The number of phenols is 1. The van der Waals surface area contributed by atoms with Gasteiger partial charge in [0.2, 0.25) is 11.8 Å². The van der Waals surface area contributed by atoms with E-state index in [9.17, 15) is 14.7 Å². The van der Waals surface area contributed by atoms with Gasteiger partial charge in [-0.1, -0.05) is 60.7 Å². The number of hydrogen-bond donors (Lipinski definition) is 2. The van der Waals surface area contributed by atoms with Crippen LogP contribution in [0.2, 0.25) is 0 Å². The van der Waals surface area contributed by atoms with Crippen LogP contribution in [0.25, 0.3) is 0 Å². The zero-order chi connectivity index (χ0) is 35.0. The molecule has 2 aliphatic heterocycles. The molecular weight excluding hydrogens is 638 g/mol. The molecule has 2 fully saturated rings. The first-order valence-electron chi connectivity index (χ1n) is 18.6. The fourth-order valence-electron chi connectivity index (χ4n) is 8.01. The van der Waals surface area contributed by atoms with E-state index in [1.54, 1.807) is 0 Å². The largest absolute Gasteiger partial charge is 0.508 e. The van der Waals surface area contributed by atoms with Crippen molar-refractivity contribution in [3.8, 4) is 17.2 Å². The van der Waals surface area contributed by atoms with Gasteiger partial charge in [-0.2, -0.15) is 0 Å². The Hall–Kier alpha value is -4.66. The fraction of sp³-hybridized carbons (Fsp3) is 0.395. The Morgan fingerprint density at radius 2 is 1.33 bits per heavy atom. The monoisotopic (exact) mass is 687 g/mol. The van der Waals surface area contributed by atoms with E-state index in [0.717, 1.165) is 82.0 Å². The van der Waals surface area contributed by atoms with Crippen LogP contribution in [0.4, 0.5) is 0 Å². The molecule has 4 aromatic rings. The first kappa shape index (κ1) is 34.8. The maximum Gasteiger partial charge on any atom is 0.234 e. The molecule has 2 N–H and O–H groups in total. The summed E-state index contributed by atoms with van der Waals surface area (Å²) in [5.74, 6) is 2.02. The van der Waals surface area contributed by atoms with Gasteiger partial charge in [-0.05, 0) is 109 Å². The first-order chi connectivity index (χ1) is 25.0. The Balaban J connectivity index is 0.802. The Morgan fingerprint density at radius 1 is 0.667 bits per heavy atom. The second kappa shape index (κ2) is 16.6. The lowest BCUT2D eigenvalue weighted by Gasteiger charge is -2.35. The molecule has 0 saturated carbocycles. The number of carbonyl (C=O) groups excluding carboxylic acids is 2. The highest BCUT2D eigenvalue weighted by atomic mass is 16.5. The van der Waals surface area contributed by atoms with E-state index >= 15 is 0 Å². The predicted octanol–water partition coefficient (Wildman–Crippen LogP) is 6.63. The van der Waals surface area contributed by atoms with E-state index in [-0.39, 0.29) is 23.7 Å². The molecule has 0 radical (unpaired) electrons. The molecule has 266 valence electrons. The first-order valence-corrected chi connectivity index (χ1v) is 18.6. The summed E-state index contributed by atoms with van der Waals surface area (Å²) >= 11 is 0. The number of benzene rings is 4. The number of imide groups is 1. The Bertz CT molecular complexity index is 1750. The SMILES string of the molecule is O=C1CCC(c2ccc(OCCN3CCN(CCCCOc4ccc([C@@H]5c6ccc(O)cc6CC[C@@H]5c5ccccc5)cc4)CC3)cc2)C(=O)N1. The molecule has 3 aliphatic rings. The van der Waals surface area contributed by atoms with E-state index < -0.39 is 0 Å². The van der Waals surface area contributed by atoms with Gasteiger partial charge in [0.25, 0.3) is 0 Å². The van der Waals surface area contributed by atoms with Gasteiger partial charge in [0.05, 0.1) is 12.5 Å². The van der Waals surface area contributed by atoms with Crippen LogP contribution in [-0.2, 0) is 16.0 Å². The van der Waals surface area contributed by atoms with Crippen molar-refractivity contribution in [1.29, 1.82) is 0 Å². The van der Waals surface area contributed by atoms with E-state index in [1.807, 2.05) is 36.4 Å². The van der Waals surface area contributed by atoms with Crippen LogP contribution in [0.1, 0.15) is 77.7 Å². The third kappa shape index (κ3) is 8.81.